The Kier molecular flexibility index (Phi) is 4.07. The van der Waals surface area contributed by atoms with Gasteiger partial charge in [-0.3, -0.25) is 9.59 Å². The lowest BCUT2D eigenvalue weighted by molar-refractivity contribution is -0.128. The molecule has 2 amide bonds. The third-order valence-corrected chi connectivity index (χ3v) is 5.12. The average molecular weight is 342 g/mol. The van der Waals surface area contributed by atoms with Crippen LogP contribution >= 0.6 is 0 Å². The van der Waals surface area contributed by atoms with Crippen molar-refractivity contribution >= 4 is 17.6 Å². The van der Waals surface area contributed by atoms with Crippen LogP contribution in [0.15, 0.2) is 35.1 Å². The number of aromatic nitrogens is 2. The first-order chi connectivity index (χ1) is 12.1. The van der Waals surface area contributed by atoms with Crippen molar-refractivity contribution in [3.8, 4) is 0 Å². The number of carbonyl (C=O) groups excluding carboxylic acids is 2. The molecule has 3 heterocycles. The monoisotopic (exact) mass is 342 g/mol. The Morgan fingerprint density at radius 2 is 2.28 bits per heavy atom. The Morgan fingerprint density at radius 1 is 1.44 bits per heavy atom. The summed E-state index contributed by atoms with van der Waals surface area (Å²) in [4.78, 5) is 26.5. The highest BCUT2D eigenvalue weighted by Crippen LogP contribution is 2.40. The summed E-state index contributed by atoms with van der Waals surface area (Å²) < 4.78 is 7.17. The van der Waals surface area contributed by atoms with Crippen LogP contribution in [0.25, 0.3) is 0 Å². The minimum Gasteiger partial charge on any atom is -0.467 e. The van der Waals surface area contributed by atoms with Gasteiger partial charge in [0.1, 0.15) is 11.6 Å². The maximum absolute atomic E-state index is 12.6. The molecule has 1 aliphatic heterocycles. The summed E-state index contributed by atoms with van der Waals surface area (Å²) in [5.41, 5.74) is 0. The molecule has 4 rings (SSSR count). The summed E-state index contributed by atoms with van der Waals surface area (Å²) in [6.45, 7) is 2.95. The molecule has 1 aliphatic carbocycles. The Labute approximate surface area is 146 Å². The highest BCUT2D eigenvalue weighted by Gasteiger charge is 2.36. The van der Waals surface area contributed by atoms with Crippen LogP contribution in [0.4, 0.5) is 5.82 Å². The number of nitrogens with zero attached hydrogens (tertiary/aromatic N) is 3. The SMILES string of the molecule is C[C@@H](C1CC1)n1nccc1NC(=O)[C@@H]1CC(=O)N(Cc2ccco2)C1. The topological polar surface area (TPSA) is 80.4 Å². The second-order valence-corrected chi connectivity index (χ2v) is 6.98. The molecule has 0 bridgehead atoms. The fraction of sp³-hybridized carbons (Fsp3) is 0.500. The van der Waals surface area contributed by atoms with Crippen LogP contribution in [0.5, 0.6) is 0 Å². The predicted octanol–water partition coefficient (Wildman–Crippen LogP) is 2.43. The van der Waals surface area contributed by atoms with Crippen molar-refractivity contribution in [3.05, 3.63) is 36.4 Å². The standard InChI is InChI=1S/C18H22N4O3/c1-12(13-4-5-13)22-16(6-7-19-22)20-18(24)14-9-17(23)21(10-14)11-15-3-2-8-25-15/h2-3,6-8,12-14H,4-5,9-11H2,1H3,(H,20,24)/t12-,14+/m0/s1. The lowest BCUT2D eigenvalue weighted by atomic mass is 10.1. The molecule has 7 heteroatoms. The Balaban J connectivity index is 1.39. The van der Waals surface area contributed by atoms with Crippen molar-refractivity contribution < 1.29 is 14.0 Å². The highest BCUT2D eigenvalue weighted by atomic mass is 16.3. The zero-order chi connectivity index (χ0) is 17.4. The average Bonchev–Trinajstić information content (AvgIpc) is 2.96. The smallest absolute Gasteiger partial charge is 0.230 e. The molecule has 1 N–H and O–H groups in total. The van der Waals surface area contributed by atoms with Gasteiger partial charge in [0, 0.05) is 19.0 Å². The van der Waals surface area contributed by atoms with Gasteiger partial charge < -0.3 is 14.6 Å². The minimum atomic E-state index is -0.345. The van der Waals surface area contributed by atoms with Gasteiger partial charge in [0.15, 0.2) is 0 Å². The quantitative estimate of drug-likeness (QED) is 0.874. The van der Waals surface area contributed by atoms with E-state index in [-0.39, 0.29) is 30.2 Å². The predicted molar refractivity (Wildman–Crippen MR) is 90.5 cm³/mol. The van der Waals surface area contributed by atoms with Crippen molar-refractivity contribution in [2.24, 2.45) is 11.8 Å². The van der Waals surface area contributed by atoms with Gasteiger partial charge in [0.25, 0.3) is 0 Å². The molecule has 0 unspecified atom stereocenters. The molecule has 2 fully saturated rings. The van der Waals surface area contributed by atoms with Gasteiger partial charge in [-0.2, -0.15) is 5.10 Å². The second-order valence-electron chi connectivity index (χ2n) is 6.98. The molecule has 1 saturated heterocycles. The molecule has 2 aromatic rings. The summed E-state index contributed by atoms with van der Waals surface area (Å²) in [6.07, 6.45) is 5.96. The molecule has 2 aromatic heterocycles. The first-order valence-electron chi connectivity index (χ1n) is 8.76. The lowest BCUT2D eigenvalue weighted by Crippen LogP contribution is -2.28. The lowest BCUT2D eigenvalue weighted by Gasteiger charge is -2.17. The van der Waals surface area contributed by atoms with Gasteiger partial charge >= 0.3 is 0 Å². The van der Waals surface area contributed by atoms with E-state index in [1.807, 2.05) is 16.8 Å². The molecule has 7 nitrogen and oxygen atoms in total. The number of furan rings is 1. The Hall–Kier alpha value is -2.57. The van der Waals surface area contributed by atoms with Crippen LogP contribution in [0, 0.1) is 11.8 Å². The number of nitrogens with one attached hydrogen (secondary N) is 1. The zero-order valence-electron chi connectivity index (χ0n) is 14.2. The zero-order valence-corrected chi connectivity index (χ0v) is 14.2. The van der Waals surface area contributed by atoms with Crippen LogP contribution in [0.2, 0.25) is 0 Å². The first-order valence-corrected chi connectivity index (χ1v) is 8.76. The van der Waals surface area contributed by atoms with E-state index in [1.165, 1.54) is 12.8 Å². The van der Waals surface area contributed by atoms with Crippen molar-refractivity contribution in [1.29, 1.82) is 0 Å². The fourth-order valence-corrected chi connectivity index (χ4v) is 3.44. The second kappa shape index (κ2) is 6.38. The number of likely N-dealkylation sites (tertiary alicyclic amines) is 1. The minimum absolute atomic E-state index is 0.0172. The molecule has 0 aromatic carbocycles. The van der Waals surface area contributed by atoms with E-state index >= 15 is 0 Å². The van der Waals surface area contributed by atoms with E-state index in [0.29, 0.717) is 24.8 Å². The summed E-state index contributed by atoms with van der Waals surface area (Å²) >= 11 is 0. The van der Waals surface area contributed by atoms with E-state index in [4.69, 9.17) is 4.42 Å². The van der Waals surface area contributed by atoms with E-state index in [0.717, 1.165) is 5.76 Å². The Bertz CT molecular complexity index is 763. The normalized spacial score (nSPS) is 21.6. The van der Waals surface area contributed by atoms with Crippen molar-refractivity contribution in [3.63, 3.8) is 0 Å². The summed E-state index contributed by atoms with van der Waals surface area (Å²) in [5.74, 6) is 1.60. The van der Waals surface area contributed by atoms with Gasteiger partial charge in [0.2, 0.25) is 11.8 Å². The number of amides is 2. The van der Waals surface area contributed by atoms with Crippen LogP contribution in [-0.4, -0.2) is 33.0 Å². The van der Waals surface area contributed by atoms with Crippen LogP contribution in [0.1, 0.15) is 38.0 Å². The van der Waals surface area contributed by atoms with E-state index in [1.54, 1.807) is 23.4 Å². The van der Waals surface area contributed by atoms with Gasteiger partial charge in [-0.05, 0) is 37.8 Å². The summed E-state index contributed by atoms with van der Waals surface area (Å²) in [5, 5.41) is 7.30. The summed E-state index contributed by atoms with van der Waals surface area (Å²) in [6, 6.07) is 5.72. The van der Waals surface area contributed by atoms with Crippen molar-refractivity contribution in [2.45, 2.75) is 38.8 Å². The molecule has 1 saturated carbocycles. The summed E-state index contributed by atoms with van der Waals surface area (Å²) in [7, 11) is 0. The molecule has 25 heavy (non-hydrogen) atoms. The van der Waals surface area contributed by atoms with Crippen molar-refractivity contribution in [2.75, 3.05) is 11.9 Å². The molecular formula is C18H22N4O3. The van der Waals surface area contributed by atoms with Gasteiger partial charge in [-0.25, -0.2) is 4.68 Å². The number of carbonyl (C=O) groups is 2. The van der Waals surface area contributed by atoms with Gasteiger partial charge in [0.05, 0.1) is 31.0 Å². The molecule has 2 aliphatic rings. The maximum atomic E-state index is 12.6. The van der Waals surface area contributed by atoms with Crippen LogP contribution in [0.3, 0.4) is 0 Å². The number of anilines is 1. The number of hydrogen-bond acceptors (Lipinski definition) is 4. The third kappa shape index (κ3) is 3.31. The molecular weight excluding hydrogens is 320 g/mol. The number of hydrogen-bond donors (Lipinski definition) is 1. The van der Waals surface area contributed by atoms with Gasteiger partial charge in [-0.15, -0.1) is 0 Å². The van der Waals surface area contributed by atoms with Gasteiger partial charge in [-0.1, -0.05) is 0 Å². The van der Waals surface area contributed by atoms with Crippen molar-refractivity contribution in [1.82, 2.24) is 14.7 Å². The van der Waals surface area contributed by atoms with Crippen LogP contribution in [-0.2, 0) is 16.1 Å². The molecule has 2 atom stereocenters. The largest absolute Gasteiger partial charge is 0.467 e. The van der Waals surface area contributed by atoms with Crippen LogP contribution < -0.4 is 5.32 Å². The number of rotatable bonds is 6. The van der Waals surface area contributed by atoms with E-state index < -0.39 is 0 Å². The molecule has 0 radical (unpaired) electrons. The van der Waals surface area contributed by atoms with E-state index in [2.05, 4.69) is 17.3 Å². The Morgan fingerprint density at radius 3 is 3.00 bits per heavy atom. The highest BCUT2D eigenvalue weighted by molar-refractivity contribution is 5.96. The third-order valence-electron chi connectivity index (χ3n) is 5.12. The molecule has 132 valence electrons. The fourth-order valence-electron chi connectivity index (χ4n) is 3.44. The van der Waals surface area contributed by atoms with E-state index in [9.17, 15) is 9.59 Å². The maximum Gasteiger partial charge on any atom is 0.230 e. The first kappa shape index (κ1) is 15.9. The molecule has 0 spiro atoms.